The Morgan fingerprint density at radius 3 is 2.79 bits per heavy atom. The summed E-state index contributed by atoms with van der Waals surface area (Å²) in [5.74, 6) is 2.23. The summed E-state index contributed by atoms with van der Waals surface area (Å²) in [4.78, 5) is 12.2. The van der Waals surface area contributed by atoms with Crippen molar-refractivity contribution in [3.05, 3.63) is 41.1 Å². The quantitative estimate of drug-likeness (QED) is 0.671. The number of anilines is 1. The molecule has 1 aromatic carbocycles. The van der Waals surface area contributed by atoms with Crippen molar-refractivity contribution in [1.82, 2.24) is 14.9 Å². The van der Waals surface area contributed by atoms with Crippen molar-refractivity contribution >= 4 is 28.1 Å². The third-order valence-electron chi connectivity index (χ3n) is 5.89. The summed E-state index contributed by atoms with van der Waals surface area (Å²) in [6.07, 6.45) is 1.12. The summed E-state index contributed by atoms with van der Waals surface area (Å²) in [7, 11) is 0. The van der Waals surface area contributed by atoms with Crippen LogP contribution in [0.3, 0.4) is 0 Å². The zero-order valence-electron chi connectivity index (χ0n) is 16.4. The lowest BCUT2D eigenvalue weighted by atomic mass is 9.97. The average Bonchev–Trinajstić information content (AvgIpc) is 3.49. The van der Waals surface area contributed by atoms with E-state index in [-0.39, 0.29) is 0 Å². The molecule has 1 N–H and O–H groups in total. The topological polar surface area (TPSA) is 59.5 Å². The fraction of sp³-hybridized carbons (Fsp3) is 0.455. The lowest BCUT2D eigenvalue weighted by molar-refractivity contribution is 0.00460. The van der Waals surface area contributed by atoms with Gasteiger partial charge in [0.15, 0.2) is 5.82 Å². The van der Waals surface area contributed by atoms with Crippen LogP contribution in [-0.2, 0) is 9.47 Å². The van der Waals surface area contributed by atoms with Gasteiger partial charge < -0.3 is 14.8 Å². The molecule has 2 fully saturated rings. The van der Waals surface area contributed by atoms with Crippen LogP contribution in [0.15, 0.2) is 41.1 Å². The molecule has 4 heterocycles. The van der Waals surface area contributed by atoms with Gasteiger partial charge in [0.25, 0.3) is 0 Å². The third-order valence-corrected chi connectivity index (χ3v) is 6.57. The Hall–Kier alpha value is -2.06. The molecule has 0 radical (unpaired) electrons. The van der Waals surface area contributed by atoms with E-state index in [1.54, 1.807) is 11.3 Å². The molecular formula is C22H26N4O2S. The maximum Gasteiger partial charge on any atom is 0.162 e. The van der Waals surface area contributed by atoms with Crippen LogP contribution in [0.4, 0.5) is 5.82 Å². The Balaban J connectivity index is 1.43. The number of thiophene rings is 1. The van der Waals surface area contributed by atoms with Gasteiger partial charge in [-0.05, 0) is 30.0 Å². The first-order valence-corrected chi connectivity index (χ1v) is 11.3. The molecule has 3 aromatic rings. The molecule has 6 nitrogen and oxygen atoms in total. The lowest BCUT2D eigenvalue weighted by Crippen LogP contribution is -2.50. The Kier molecular flexibility index (Phi) is 5.71. The van der Waals surface area contributed by atoms with Gasteiger partial charge in [-0.15, -0.1) is 0 Å². The monoisotopic (exact) mass is 410 g/mol. The SMILES string of the molecule is c1ccc2c(NC[C@H]([C@H]3CCOC3)N3CCOCC3)nc(-c3ccsc3)nc2c1. The van der Waals surface area contributed by atoms with Crippen molar-refractivity contribution in [1.29, 1.82) is 0 Å². The number of para-hydroxylation sites is 1. The van der Waals surface area contributed by atoms with Crippen LogP contribution >= 0.6 is 11.3 Å². The van der Waals surface area contributed by atoms with Gasteiger partial charge in [0.2, 0.25) is 0 Å². The number of nitrogens with one attached hydrogen (secondary N) is 1. The van der Waals surface area contributed by atoms with E-state index in [2.05, 4.69) is 39.2 Å². The molecule has 2 aliphatic heterocycles. The minimum absolute atomic E-state index is 0.416. The predicted octanol–water partition coefficient (Wildman–Crippen LogP) is 3.51. The van der Waals surface area contributed by atoms with Crippen molar-refractivity contribution in [3.8, 4) is 11.4 Å². The molecule has 0 bridgehead atoms. The zero-order valence-corrected chi connectivity index (χ0v) is 17.2. The summed E-state index contributed by atoms with van der Waals surface area (Å²) in [5, 5.41) is 8.91. The summed E-state index contributed by atoms with van der Waals surface area (Å²) in [5.41, 5.74) is 2.04. The van der Waals surface area contributed by atoms with Gasteiger partial charge in [-0.2, -0.15) is 11.3 Å². The van der Waals surface area contributed by atoms with E-state index in [9.17, 15) is 0 Å². The Bertz CT molecular complexity index is 937. The van der Waals surface area contributed by atoms with Crippen LogP contribution in [0.25, 0.3) is 22.3 Å². The molecule has 2 aromatic heterocycles. The molecule has 2 saturated heterocycles. The fourth-order valence-corrected chi connectivity index (χ4v) is 4.93. The van der Waals surface area contributed by atoms with Gasteiger partial charge in [0, 0.05) is 54.5 Å². The third kappa shape index (κ3) is 4.14. The van der Waals surface area contributed by atoms with Gasteiger partial charge in [-0.25, -0.2) is 9.97 Å². The zero-order chi connectivity index (χ0) is 19.5. The van der Waals surface area contributed by atoms with Crippen molar-refractivity contribution in [2.75, 3.05) is 51.4 Å². The fourth-order valence-electron chi connectivity index (χ4n) is 4.29. The number of aromatic nitrogens is 2. The van der Waals surface area contributed by atoms with Crippen LogP contribution in [0.5, 0.6) is 0 Å². The number of ether oxygens (including phenoxy) is 2. The molecule has 0 unspecified atom stereocenters. The van der Waals surface area contributed by atoms with Crippen molar-refractivity contribution < 1.29 is 9.47 Å². The van der Waals surface area contributed by atoms with Gasteiger partial charge >= 0.3 is 0 Å². The second kappa shape index (κ2) is 8.75. The first-order chi connectivity index (χ1) is 14.4. The molecule has 29 heavy (non-hydrogen) atoms. The second-order valence-corrected chi connectivity index (χ2v) is 8.43. The van der Waals surface area contributed by atoms with Crippen LogP contribution < -0.4 is 5.32 Å². The molecule has 152 valence electrons. The normalized spacial score (nSPS) is 21.4. The van der Waals surface area contributed by atoms with E-state index in [1.807, 2.05) is 12.1 Å². The maximum absolute atomic E-state index is 5.71. The van der Waals surface area contributed by atoms with Gasteiger partial charge in [0.1, 0.15) is 5.82 Å². The van der Waals surface area contributed by atoms with Crippen LogP contribution in [0, 0.1) is 5.92 Å². The van der Waals surface area contributed by atoms with E-state index < -0.39 is 0 Å². The first kappa shape index (κ1) is 18.9. The highest BCUT2D eigenvalue weighted by molar-refractivity contribution is 7.08. The maximum atomic E-state index is 5.71. The molecule has 2 aliphatic rings. The minimum atomic E-state index is 0.416. The molecule has 0 aliphatic carbocycles. The van der Waals surface area contributed by atoms with E-state index in [1.165, 1.54) is 0 Å². The van der Waals surface area contributed by atoms with Crippen LogP contribution in [0.2, 0.25) is 0 Å². The number of rotatable bonds is 6. The highest BCUT2D eigenvalue weighted by Crippen LogP contribution is 2.27. The summed E-state index contributed by atoms with van der Waals surface area (Å²) >= 11 is 1.67. The standard InChI is InChI=1S/C22H26N4O2S/c1-2-4-19-18(3-1)22(25-21(24-19)17-6-12-29-15-17)23-13-20(16-5-9-28-14-16)26-7-10-27-11-8-26/h1-4,6,12,15-16,20H,5,7-11,13-14H2,(H,23,24,25)/t16-,20+/m0/s1. The van der Waals surface area contributed by atoms with E-state index in [0.29, 0.717) is 12.0 Å². The van der Waals surface area contributed by atoms with Gasteiger partial charge in [-0.1, -0.05) is 12.1 Å². The Labute approximate surface area is 174 Å². The number of morpholine rings is 1. The predicted molar refractivity (Wildman–Crippen MR) is 116 cm³/mol. The van der Waals surface area contributed by atoms with E-state index in [4.69, 9.17) is 19.4 Å². The number of fused-ring (bicyclic) bond motifs is 1. The average molecular weight is 411 g/mol. The molecule has 7 heteroatoms. The molecule has 0 saturated carbocycles. The number of hydrogen-bond acceptors (Lipinski definition) is 7. The summed E-state index contributed by atoms with van der Waals surface area (Å²) < 4.78 is 11.3. The minimum Gasteiger partial charge on any atom is -0.381 e. The van der Waals surface area contributed by atoms with E-state index in [0.717, 1.165) is 80.6 Å². The van der Waals surface area contributed by atoms with Crippen molar-refractivity contribution in [3.63, 3.8) is 0 Å². The largest absolute Gasteiger partial charge is 0.381 e. The molecule has 0 spiro atoms. The summed E-state index contributed by atoms with van der Waals surface area (Å²) in [6, 6.07) is 10.7. The molecular weight excluding hydrogens is 384 g/mol. The Morgan fingerprint density at radius 2 is 2.00 bits per heavy atom. The lowest BCUT2D eigenvalue weighted by Gasteiger charge is -2.37. The van der Waals surface area contributed by atoms with Gasteiger partial charge in [-0.3, -0.25) is 4.90 Å². The second-order valence-electron chi connectivity index (χ2n) is 7.65. The molecule has 0 amide bonds. The smallest absolute Gasteiger partial charge is 0.162 e. The first-order valence-electron chi connectivity index (χ1n) is 10.3. The number of nitrogens with zero attached hydrogens (tertiary/aromatic N) is 3. The van der Waals surface area contributed by atoms with Gasteiger partial charge in [0.05, 0.1) is 25.3 Å². The van der Waals surface area contributed by atoms with Crippen LogP contribution in [-0.4, -0.2) is 67.0 Å². The number of benzene rings is 1. The Morgan fingerprint density at radius 1 is 1.10 bits per heavy atom. The van der Waals surface area contributed by atoms with E-state index >= 15 is 0 Å². The highest BCUT2D eigenvalue weighted by atomic mass is 32.1. The van der Waals surface area contributed by atoms with Crippen molar-refractivity contribution in [2.24, 2.45) is 5.92 Å². The van der Waals surface area contributed by atoms with Crippen molar-refractivity contribution in [2.45, 2.75) is 12.5 Å². The number of hydrogen-bond donors (Lipinski definition) is 1. The highest BCUT2D eigenvalue weighted by Gasteiger charge is 2.31. The molecule has 5 rings (SSSR count). The van der Waals surface area contributed by atoms with Crippen LogP contribution in [0.1, 0.15) is 6.42 Å². The molecule has 2 atom stereocenters. The summed E-state index contributed by atoms with van der Waals surface area (Å²) in [6.45, 7) is 6.13.